The first-order valence-corrected chi connectivity index (χ1v) is 10.1. The molecule has 2 amide bonds. The lowest BCUT2D eigenvalue weighted by atomic mass is 10.2. The summed E-state index contributed by atoms with van der Waals surface area (Å²) < 4.78 is 1.08. The molecule has 2 aromatic carbocycles. The third-order valence-electron chi connectivity index (χ3n) is 3.94. The largest absolute Gasteiger partial charge is 0.320 e. The van der Waals surface area contributed by atoms with Gasteiger partial charge >= 0.3 is 0 Å². The van der Waals surface area contributed by atoms with Crippen LogP contribution in [0.3, 0.4) is 0 Å². The molecule has 1 aliphatic rings. The molecule has 0 bridgehead atoms. The number of hydrogen-bond acceptors (Lipinski definition) is 6. The van der Waals surface area contributed by atoms with Gasteiger partial charge in [0.25, 0.3) is 5.69 Å². The molecule has 10 heteroatoms. The van der Waals surface area contributed by atoms with Crippen molar-refractivity contribution in [2.45, 2.75) is 11.7 Å². The summed E-state index contributed by atoms with van der Waals surface area (Å²) in [7, 11) is 1.61. The summed E-state index contributed by atoms with van der Waals surface area (Å²) in [5, 5.41) is 13.5. The van der Waals surface area contributed by atoms with E-state index in [1.807, 2.05) is 24.3 Å². The Morgan fingerprint density at radius 3 is 2.64 bits per heavy atom. The smallest absolute Gasteiger partial charge is 0.292 e. The SMILES string of the molecule is CN1C(=O)C(CC(=O)Nc2ccccc2[N+](=O)[O-])SC1=Nc1ccc(I)cc1. The maximum atomic E-state index is 12.5. The van der Waals surface area contributed by atoms with E-state index in [0.717, 1.165) is 3.57 Å². The van der Waals surface area contributed by atoms with E-state index in [0.29, 0.717) is 10.9 Å². The van der Waals surface area contributed by atoms with Crippen molar-refractivity contribution >= 4 is 68.4 Å². The molecule has 0 saturated carbocycles. The maximum absolute atomic E-state index is 12.5. The number of nitro groups is 1. The van der Waals surface area contributed by atoms with E-state index in [2.05, 4.69) is 32.9 Å². The lowest BCUT2D eigenvalue weighted by molar-refractivity contribution is -0.383. The number of benzene rings is 2. The number of amides is 2. The monoisotopic (exact) mass is 510 g/mol. The standard InChI is InChI=1S/C18H15IN4O4S/c1-22-17(25)15(28-18(22)20-12-8-6-11(19)7-9-12)10-16(24)21-13-4-2-3-5-14(13)23(26)27/h2-9,15H,10H2,1H3,(H,21,24). The summed E-state index contributed by atoms with van der Waals surface area (Å²) in [6.45, 7) is 0. The van der Waals surface area contributed by atoms with Gasteiger partial charge in [-0.3, -0.25) is 24.6 Å². The molecule has 1 heterocycles. The molecular weight excluding hydrogens is 495 g/mol. The molecule has 1 fully saturated rings. The fourth-order valence-corrected chi connectivity index (χ4v) is 4.05. The lowest BCUT2D eigenvalue weighted by Crippen LogP contribution is -2.30. The highest BCUT2D eigenvalue weighted by Gasteiger charge is 2.37. The molecule has 144 valence electrons. The number of nitro benzene ring substituents is 1. The van der Waals surface area contributed by atoms with E-state index in [4.69, 9.17) is 0 Å². The Labute approximate surface area is 178 Å². The number of nitrogens with zero attached hydrogens (tertiary/aromatic N) is 3. The first-order valence-electron chi connectivity index (χ1n) is 8.17. The number of aliphatic imine (C=N–C) groups is 1. The van der Waals surface area contributed by atoms with Gasteiger partial charge in [-0.2, -0.15) is 0 Å². The van der Waals surface area contributed by atoms with E-state index in [-0.39, 0.29) is 23.7 Å². The molecule has 2 aromatic rings. The molecule has 0 aromatic heterocycles. The van der Waals surface area contributed by atoms with Crippen LogP contribution in [0.2, 0.25) is 0 Å². The zero-order valence-electron chi connectivity index (χ0n) is 14.7. The highest BCUT2D eigenvalue weighted by Crippen LogP contribution is 2.31. The number of rotatable bonds is 5. The van der Waals surface area contributed by atoms with E-state index in [1.165, 1.54) is 34.9 Å². The zero-order valence-corrected chi connectivity index (χ0v) is 17.6. The van der Waals surface area contributed by atoms with Crippen LogP contribution in [0.4, 0.5) is 17.1 Å². The minimum atomic E-state index is -0.629. The Bertz CT molecular complexity index is 964. The van der Waals surface area contributed by atoms with Crippen LogP contribution in [0.5, 0.6) is 0 Å². The van der Waals surface area contributed by atoms with E-state index >= 15 is 0 Å². The van der Waals surface area contributed by atoms with E-state index in [1.54, 1.807) is 13.1 Å². The van der Waals surface area contributed by atoms with Gasteiger partial charge in [0.1, 0.15) is 10.9 Å². The molecule has 1 unspecified atom stereocenters. The Balaban J connectivity index is 1.69. The number of hydrogen-bond donors (Lipinski definition) is 1. The maximum Gasteiger partial charge on any atom is 0.292 e. The van der Waals surface area contributed by atoms with Crippen molar-refractivity contribution in [2.75, 3.05) is 12.4 Å². The number of nitrogens with one attached hydrogen (secondary N) is 1. The van der Waals surface area contributed by atoms with Gasteiger partial charge in [-0.15, -0.1) is 0 Å². The van der Waals surface area contributed by atoms with Crippen molar-refractivity contribution in [3.8, 4) is 0 Å². The van der Waals surface area contributed by atoms with Gasteiger partial charge < -0.3 is 5.32 Å². The molecular formula is C18H15IN4O4S. The normalized spacial score (nSPS) is 17.8. The Morgan fingerprint density at radius 2 is 1.96 bits per heavy atom. The van der Waals surface area contributed by atoms with Gasteiger partial charge in [0, 0.05) is 23.1 Å². The first-order chi connectivity index (χ1) is 13.3. The second-order valence-corrected chi connectivity index (χ2v) is 8.32. The van der Waals surface area contributed by atoms with Crippen LogP contribution in [-0.4, -0.2) is 39.1 Å². The molecule has 1 saturated heterocycles. The van der Waals surface area contributed by atoms with Gasteiger partial charge in [0.05, 0.1) is 10.6 Å². The van der Waals surface area contributed by atoms with Crippen molar-refractivity contribution in [1.29, 1.82) is 0 Å². The Morgan fingerprint density at radius 1 is 1.29 bits per heavy atom. The molecule has 0 radical (unpaired) electrons. The fourth-order valence-electron chi connectivity index (χ4n) is 2.53. The number of halogens is 1. The van der Waals surface area contributed by atoms with Crippen LogP contribution in [0.15, 0.2) is 53.5 Å². The molecule has 3 rings (SSSR count). The summed E-state index contributed by atoms with van der Waals surface area (Å²) in [6.07, 6.45) is -0.106. The zero-order chi connectivity index (χ0) is 20.3. The van der Waals surface area contributed by atoms with Crippen LogP contribution >= 0.6 is 34.4 Å². The predicted molar refractivity (Wildman–Crippen MR) is 117 cm³/mol. The molecule has 28 heavy (non-hydrogen) atoms. The van der Waals surface area contributed by atoms with Crippen LogP contribution < -0.4 is 5.32 Å². The Kier molecular flexibility index (Phi) is 6.29. The summed E-state index contributed by atoms with van der Waals surface area (Å²) in [4.78, 5) is 41.2. The van der Waals surface area contributed by atoms with E-state index < -0.39 is 16.1 Å². The molecule has 1 N–H and O–H groups in total. The fraction of sp³-hybridized carbons (Fsp3) is 0.167. The van der Waals surface area contributed by atoms with Crippen molar-refractivity contribution in [2.24, 2.45) is 4.99 Å². The van der Waals surface area contributed by atoms with E-state index in [9.17, 15) is 19.7 Å². The highest BCUT2D eigenvalue weighted by atomic mass is 127. The third kappa shape index (κ3) is 4.68. The Hall–Kier alpha value is -2.47. The van der Waals surface area contributed by atoms with Crippen LogP contribution in [0, 0.1) is 13.7 Å². The predicted octanol–water partition coefficient (Wildman–Crippen LogP) is 3.79. The minimum Gasteiger partial charge on any atom is -0.320 e. The van der Waals surface area contributed by atoms with Crippen LogP contribution in [0.1, 0.15) is 6.42 Å². The molecule has 8 nitrogen and oxygen atoms in total. The number of para-hydroxylation sites is 2. The summed E-state index contributed by atoms with van der Waals surface area (Å²) in [5.74, 6) is -0.698. The lowest BCUT2D eigenvalue weighted by Gasteiger charge is -2.09. The van der Waals surface area contributed by atoms with Crippen molar-refractivity contribution in [3.63, 3.8) is 0 Å². The van der Waals surface area contributed by atoms with Crippen LogP contribution in [0.25, 0.3) is 0 Å². The van der Waals surface area contributed by atoms with Gasteiger partial charge in [0.15, 0.2) is 5.17 Å². The van der Waals surface area contributed by atoms with Gasteiger partial charge in [-0.05, 0) is 52.9 Å². The average Bonchev–Trinajstić information content (AvgIpc) is 2.91. The first kappa shape index (κ1) is 20.3. The number of anilines is 1. The second-order valence-electron chi connectivity index (χ2n) is 5.90. The third-order valence-corrected chi connectivity index (χ3v) is 5.89. The van der Waals surface area contributed by atoms with Crippen molar-refractivity contribution in [1.82, 2.24) is 4.90 Å². The van der Waals surface area contributed by atoms with Gasteiger partial charge in [-0.25, -0.2) is 4.99 Å². The molecule has 0 aliphatic carbocycles. The average molecular weight is 510 g/mol. The summed E-state index contributed by atoms with van der Waals surface area (Å²) in [6, 6.07) is 13.4. The quantitative estimate of drug-likeness (QED) is 0.375. The highest BCUT2D eigenvalue weighted by molar-refractivity contribution is 14.1. The summed E-state index contributed by atoms with van der Waals surface area (Å²) >= 11 is 3.40. The second kappa shape index (κ2) is 8.69. The number of carbonyl (C=O) groups is 2. The van der Waals surface area contributed by atoms with Gasteiger partial charge in [0.2, 0.25) is 11.8 Å². The van der Waals surface area contributed by atoms with Gasteiger partial charge in [-0.1, -0.05) is 23.9 Å². The van der Waals surface area contributed by atoms with Crippen molar-refractivity contribution < 1.29 is 14.5 Å². The molecule has 1 atom stereocenters. The molecule has 1 aliphatic heterocycles. The van der Waals surface area contributed by atoms with Crippen LogP contribution in [-0.2, 0) is 9.59 Å². The summed E-state index contributed by atoms with van der Waals surface area (Å²) in [5.41, 5.74) is 0.626. The minimum absolute atomic E-state index is 0.106. The number of thioether (sulfide) groups is 1. The topological polar surface area (TPSA) is 105 Å². The van der Waals surface area contributed by atoms with Crippen molar-refractivity contribution in [3.05, 3.63) is 62.2 Å². The number of carbonyl (C=O) groups excluding carboxylic acids is 2. The number of amidine groups is 1. The molecule has 0 spiro atoms.